The molecule has 0 saturated heterocycles. The van der Waals surface area contributed by atoms with Crippen LogP contribution in [0.25, 0.3) is 0 Å². The molecule has 0 bridgehead atoms. The van der Waals surface area contributed by atoms with Crippen molar-refractivity contribution in [2.75, 3.05) is 0 Å². The zero-order chi connectivity index (χ0) is 14.7. The van der Waals surface area contributed by atoms with Crippen molar-refractivity contribution in [2.45, 2.75) is 19.3 Å². The van der Waals surface area contributed by atoms with Crippen LogP contribution in [0.1, 0.15) is 22.9 Å². The molecule has 0 atom stereocenters. The Bertz CT molecular complexity index is 727. The molecular weight excluding hydrogens is 311 g/mol. The number of hydrogen-bond acceptors (Lipinski definition) is 4. The van der Waals surface area contributed by atoms with E-state index in [0.29, 0.717) is 36.1 Å². The SMILES string of the molecule is Fc1ccc(CCc2nnc(Cc3ccsc3)o2)c(Cl)c1. The van der Waals surface area contributed by atoms with Crippen LogP contribution >= 0.6 is 22.9 Å². The van der Waals surface area contributed by atoms with Gasteiger partial charge in [-0.3, -0.25) is 0 Å². The fourth-order valence-corrected chi connectivity index (χ4v) is 2.93. The predicted molar refractivity (Wildman–Crippen MR) is 80.2 cm³/mol. The molecule has 0 spiro atoms. The summed E-state index contributed by atoms with van der Waals surface area (Å²) in [5.74, 6) is 0.841. The zero-order valence-corrected chi connectivity index (χ0v) is 12.6. The molecule has 0 saturated carbocycles. The Morgan fingerprint density at radius 1 is 1.14 bits per heavy atom. The van der Waals surface area contributed by atoms with Gasteiger partial charge in [0.15, 0.2) is 0 Å². The molecule has 0 N–H and O–H groups in total. The van der Waals surface area contributed by atoms with E-state index in [0.717, 1.165) is 11.1 Å². The fraction of sp³-hybridized carbons (Fsp3) is 0.200. The first-order chi connectivity index (χ1) is 10.2. The molecule has 1 aromatic carbocycles. The van der Waals surface area contributed by atoms with Crippen molar-refractivity contribution in [1.82, 2.24) is 10.2 Å². The van der Waals surface area contributed by atoms with Crippen LogP contribution in [-0.2, 0) is 19.3 Å². The minimum atomic E-state index is -0.334. The Balaban J connectivity index is 1.62. The molecule has 108 valence electrons. The molecule has 2 heterocycles. The quantitative estimate of drug-likeness (QED) is 0.703. The largest absolute Gasteiger partial charge is 0.425 e. The highest BCUT2D eigenvalue weighted by Crippen LogP contribution is 2.19. The monoisotopic (exact) mass is 322 g/mol. The van der Waals surface area contributed by atoms with E-state index in [1.165, 1.54) is 12.1 Å². The average Bonchev–Trinajstić information content (AvgIpc) is 3.10. The van der Waals surface area contributed by atoms with E-state index in [2.05, 4.69) is 15.6 Å². The highest BCUT2D eigenvalue weighted by atomic mass is 35.5. The maximum atomic E-state index is 13.0. The van der Waals surface area contributed by atoms with Crippen molar-refractivity contribution in [3.8, 4) is 0 Å². The Labute approximate surface area is 130 Å². The molecule has 0 aliphatic rings. The molecule has 3 aromatic rings. The molecule has 0 amide bonds. The minimum Gasteiger partial charge on any atom is -0.425 e. The molecule has 0 aliphatic heterocycles. The Hall–Kier alpha value is -1.72. The average molecular weight is 323 g/mol. The summed E-state index contributed by atoms with van der Waals surface area (Å²) in [5.41, 5.74) is 2.03. The molecular formula is C15H12ClFN2OS. The summed E-state index contributed by atoms with van der Waals surface area (Å²) in [5, 5.41) is 12.6. The normalized spacial score (nSPS) is 11.0. The van der Waals surface area contributed by atoms with Gasteiger partial charge >= 0.3 is 0 Å². The van der Waals surface area contributed by atoms with Crippen molar-refractivity contribution >= 4 is 22.9 Å². The van der Waals surface area contributed by atoms with Crippen LogP contribution < -0.4 is 0 Å². The second kappa shape index (κ2) is 6.37. The molecule has 0 unspecified atom stereocenters. The Morgan fingerprint density at radius 2 is 2.00 bits per heavy atom. The number of aromatic nitrogens is 2. The van der Waals surface area contributed by atoms with Gasteiger partial charge in [0, 0.05) is 11.4 Å². The lowest BCUT2D eigenvalue weighted by Crippen LogP contribution is -1.93. The third-order valence-electron chi connectivity index (χ3n) is 3.07. The van der Waals surface area contributed by atoms with Gasteiger partial charge in [-0.05, 0) is 46.5 Å². The van der Waals surface area contributed by atoms with Gasteiger partial charge in [0.1, 0.15) is 5.82 Å². The number of hydrogen-bond donors (Lipinski definition) is 0. The van der Waals surface area contributed by atoms with E-state index < -0.39 is 0 Å². The van der Waals surface area contributed by atoms with Gasteiger partial charge in [0.25, 0.3) is 0 Å². The first kappa shape index (κ1) is 14.2. The van der Waals surface area contributed by atoms with E-state index in [1.807, 2.05) is 11.4 Å². The molecule has 3 rings (SSSR count). The number of nitrogens with zero attached hydrogens (tertiary/aromatic N) is 2. The van der Waals surface area contributed by atoms with Crippen LogP contribution in [0.15, 0.2) is 39.4 Å². The topological polar surface area (TPSA) is 38.9 Å². The lowest BCUT2D eigenvalue weighted by molar-refractivity contribution is 0.457. The van der Waals surface area contributed by atoms with Crippen LogP contribution in [0.2, 0.25) is 5.02 Å². The lowest BCUT2D eigenvalue weighted by Gasteiger charge is -2.01. The zero-order valence-electron chi connectivity index (χ0n) is 11.1. The van der Waals surface area contributed by atoms with Crippen molar-refractivity contribution in [3.63, 3.8) is 0 Å². The van der Waals surface area contributed by atoms with Gasteiger partial charge in [0.05, 0.1) is 6.42 Å². The van der Waals surface area contributed by atoms with Gasteiger partial charge in [-0.2, -0.15) is 11.3 Å². The van der Waals surface area contributed by atoms with Crippen LogP contribution in [0.4, 0.5) is 4.39 Å². The summed E-state index contributed by atoms with van der Waals surface area (Å²) in [7, 11) is 0. The van der Waals surface area contributed by atoms with Crippen LogP contribution in [0.5, 0.6) is 0 Å². The van der Waals surface area contributed by atoms with E-state index in [4.69, 9.17) is 16.0 Å². The summed E-state index contributed by atoms with van der Waals surface area (Å²) < 4.78 is 18.6. The number of benzene rings is 1. The van der Waals surface area contributed by atoms with Gasteiger partial charge < -0.3 is 4.42 Å². The number of rotatable bonds is 5. The minimum absolute atomic E-state index is 0.334. The summed E-state index contributed by atoms with van der Waals surface area (Å²) >= 11 is 7.63. The molecule has 21 heavy (non-hydrogen) atoms. The van der Waals surface area contributed by atoms with E-state index >= 15 is 0 Å². The van der Waals surface area contributed by atoms with Crippen LogP contribution in [0.3, 0.4) is 0 Å². The Kier molecular flexibility index (Phi) is 4.31. The van der Waals surface area contributed by atoms with Crippen molar-refractivity contribution in [3.05, 3.63) is 68.8 Å². The molecule has 0 aliphatic carbocycles. The van der Waals surface area contributed by atoms with Gasteiger partial charge in [-0.15, -0.1) is 10.2 Å². The van der Waals surface area contributed by atoms with Gasteiger partial charge in [0.2, 0.25) is 11.8 Å². The van der Waals surface area contributed by atoms with Crippen LogP contribution in [-0.4, -0.2) is 10.2 Å². The lowest BCUT2D eigenvalue weighted by atomic mass is 10.1. The number of halogens is 2. The summed E-state index contributed by atoms with van der Waals surface area (Å²) in [6, 6.07) is 6.43. The molecule has 6 heteroatoms. The van der Waals surface area contributed by atoms with E-state index in [1.54, 1.807) is 17.4 Å². The predicted octanol–water partition coefficient (Wildman–Crippen LogP) is 4.30. The third-order valence-corrected chi connectivity index (χ3v) is 4.15. The van der Waals surface area contributed by atoms with Crippen molar-refractivity contribution in [1.29, 1.82) is 0 Å². The van der Waals surface area contributed by atoms with Crippen LogP contribution in [0, 0.1) is 5.82 Å². The molecule has 0 radical (unpaired) electrons. The first-order valence-corrected chi connectivity index (χ1v) is 7.79. The van der Waals surface area contributed by atoms with E-state index in [9.17, 15) is 4.39 Å². The summed E-state index contributed by atoms with van der Waals surface area (Å²) in [6.07, 6.45) is 1.87. The van der Waals surface area contributed by atoms with E-state index in [-0.39, 0.29) is 5.82 Å². The second-order valence-electron chi connectivity index (χ2n) is 4.63. The number of thiophene rings is 1. The van der Waals surface area contributed by atoms with Crippen molar-refractivity contribution in [2.24, 2.45) is 0 Å². The summed E-state index contributed by atoms with van der Waals surface area (Å²) in [4.78, 5) is 0. The molecule has 3 nitrogen and oxygen atoms in total. The Morgan fingerprint density at radius 3 is 2.76 bits per heavy atom. The highest BCUT2D eigenvalue weighted by molar-refractivity contribution is 7.07. The van der Waals surface area contributed by atoms with Gasteiger partial charge in [-0.1, -0.05) is 17.7 Å². The number of aryl methyl sites for hydroxylation is 2. The smallest absolute Gasteiger partial charge is 0.220 e. The molecule has 2 aromatic heterocycles. The maximum Gasteiger partial charge on any atom is 0.220 e. The summed E-state index contributed by atoms with van der Waals surface area (Å²) in [6.45, 7) is 0. The maximum absolute atomic E-state index is 13.0. The van der Waals surface area contributed by atoms with Gasteiger partial charge in [-0.25, -0.2) is 4.39 Å². The highest BCUT2D eigenvalue weighted by Gasteiger charge is 2.09. The second-order valence-corrected chi connectivity index (χ2v) is 5.82. The first-order valence-electron chi connectivity index (χ1n) is 6.47. The standard InChI is InChI=1S/C15H12ClFN2OS/c16-13-8-12(17)3-1-11(13)2-4-14-18-19-15(20-14)7-10-5-6-21-9-10/h1,3,5-6,8-9H,2,4,7H2. The van der Waals surface area contributed by atoms with Crippen molar-refractivity contribution < 1.29 is 8.81 Å². The third kappa shape index (κ3) is 3.68. The fourth-order valence-electron chi connectivity index (χ4n) is 1.99. The molecule has 0 fully saturated rings.